The molecule has 0 saturated heterocycles. The summed E-state index contributed by atoms with van der Waals surface area (Å²) in [5.74, 6) is 1.57. The number of rotatable bonds is 5. The summed E-state index contributed by atoms with van der Waals surface area (Å²) in [7, 11) is 0. The van der Waals surface area contributed by atoms with E-state index in [9.17, 15) is 4.11 Å². The van der Waals surface area contributed by atoms with Crippen LogP contribution >= 0.6 is 0 Å². The van der Waals surface area contributed by atoms with Gasteiger partial charge in [0.1, 0.15) is 11.2 Å². The van der Waals surface area contributed by atoms with Gasteiger partial charge in [0.05, 0.1) is 31.7 Å². The quantitative estimate of drug-likeness (QED) is 0.176. The van der Waals surface area contributed by atoms with Gasteiger partial charge in [-0.2, -0.15) is 0 Å². The van der Waals surface area contributed by atoms with E-state index in [-0.39, 0.29) is 53.1 Å². The zero-order valence-corrected chi connectivity index (χ0v) is 30.0. The van der Waals surface area contributed by atoms with E-state index >= 15 is 0 Å². The first kappa shape index (κ1) is 25.3. The van der Waals surface area contributed by atoms with Crippen LogP contribution in [0.25, 0.3) is 111 Å². The van der Waals surface area contributed by atoms with E-state index in [2.05, 4.69) is 0 Å². The van der Waals surface area contributed by atoms with Crippen molar-refractivity contribution in [3.05, 3.63) is 188 Å². The topological polar surface area (TPSA) is 61.7 Å². The molecule has 0 N–H and O–H groups in total. The third kappa shape index (κ3) is 4.87. The maximum absolute atomic E-state index is 9.55. The molecular weight excluding hydrogens is 699 g/mol. The molecule has 0 amide bonds. The molecule has 0 aliphatic heterocycles. The van der Waals surface area contributed by atoms with Crippen molar-refractivity contribution in [2.75, 3.05) is 0 Å². The molecule has 266 valence electrons. The number of nitrogens with zero attached hydrogens (tertiary/aromatic N) is 5. The largest absolute Gasteiger partial charge is 0.456 e. The van der Waals surface area contributed by atoms with E-state index in [0.29, 0.717) is 72.9 Å². The molecule has 4 aromatic heterocycles. The molecule has 0 radical (unpaired) electrons. The van der Waals surface area contributed by atoms with Crippen molar-refractivity contribution >= 4 is 65.6 Å². The third-order valence-corrected chi connectivity index (χ3v) is 10.6. The molecule has 12 aromatic rings. The van der Waals surface area contributed by atoms with Crippen molar-refractivity contribution in [1.29, 1.82) is 0 Å². The van der Waals surface area contributed by atoms with Gasteiger partial charge >= 0.3 is 0 Å². The number of hydrogen-bond donors (Lipinski definition) is 0. The van der Waals surface area contributed by atoms with Crippen LogP contribution < -0.4 is 0 Å². The monoisotopic (exact) mass is 736 g/mol. The first-order chi connectivity index (χ1) is 31.1. The zero-order chi connectivity index (χ0) is 43.5. The summed E-state index contributed by atoms with van der Waals surface area (Å²) in [6, 6.07) is 44.5. The Morgan fingerprint density at radius 2 is 0.982 bits per heavy atom. The predicted molar refractivity (Wildman–Crippen MR) is 232 cm³/mol. The van der Waals surface area contributed by atoms with E-state index in [1.807, 2.05) is 137 Å². The van der Waals surface area contributed by atoms with Crippen molar-refractivity contribution < 1.29 is 14.0 Å². The molecule has 0 spiro atoms. The van der Waals surface area contributed by atoms with Crippen LogP contribution in [-0.4, -0.2) is 24.1 Å². The van der Waals surface area contributed by atoms with Gasteiger partial charge in [0.15, 0.2) is 17.5 Å². The lowest BCUT2D eigenvalue weighted by Gasteiger charge is -2.12. The maximum Gasteiger partial charge on any atom is 0.164 e. The summed E-state index contributed by atoms with van der Waals surface area (Å²) in [5.41, 5.74) is 6.66. The standard InChI is InChI=1S/C51H31N5O/c1-4-14-32(15-5-1)49-52-50(33-16-6-2-7-17-33)54-51(53-49)34-24-26-39-42-31-36(25-29-45(42)57-46(39)30-34)56-44-23-13-11-21-38(44)41-28-27-40-37-20-10-12-22-43(37)55(47(40)48(41)56)35-18-8-3-9-19-35/h1-31H/i10D,11D,20D,22D,23D,27D,28D. The second-order valence-corrected chi connectivity index (χ2v) is 13.9. The average molecular weight is 737 g/mol. The molecule has 57 heavy (non-hydrogen) atoms. The lowest BCUT2D eigenvalue weighted by atomic mass is 10.1. The molecule has 6 heteroatoms. The molecule has 12 rings (SSSR count). The van der Waals surface area contributed by atoms with Gasteiger partial charge in [-0.05, 0) is 54.5 Å². The highest BCUT2D eigenvalue weighted by molar-refractivity contribution is 6.24. The third-order valence-electron chi connectivity index (χ3n) is 10.6. The predicted octanol–water partition coefficient (Wildman–Crippen LogP) is 13.0. The van der Waals surface area contributed by atoms with Crippen molar-refractivity contribution in [1.82, 2.24) is 24.1 Å². The van der Waals surface area contributed by atoms with Gasteiger partial charge in [-0.15, -0.1) is 0 Å². The highest BCUT2D eigenvalue weighted by atomic mass is 16.3. The number of benzene rings is 8. The van der Waals surface area contributed by atoms with E-state index in [0.717, 1.165) is 27.5 Å². The maximum atomic E-state index is 9.55. The average Bonchev–Trinajstić information content (AvgIpc) is 3.99. The molecule has 8 aromatic carbocycles. The highest BCUT2D eigenvalue weighted by Crippen LogP contribution is 2.42. The number of fused-ring (bicyclic) bond motifs is 10. The Labute approximate surface area is 336 Å². The van der Waals surface area contributed by atoms with Gasteiger partial charge in [0.25, 0.3) is 0 Å². The minimum atomic E-state index is -0.168. The summed E-state index contributed by atoms with van der Waals surface area (Å²) in [4.78, 5) is 14.7. The van der Waals surface area contributed by atoms with Crippen molar-refractivity contribution in [2.24, 2.45) is 0 Å². The van der Waals surface area contributed by atoms with Crippen LogP contribution in [-0.2, 0) is 0 Å². The molecule has 6 nitrogen and oxygen atoms in total. The Balaban J connectivity index is 1.14. The van der Waals surface area contributed by atoms with Gasteiger partial charge in [0, 0.05) is 60.4 Å². The minimum absolute atomic E-state index is 0.00261. The van der Waals surface area contributed by atoms with Gasteiger partial charge in [-0.3, -0.25) is 0 Å². The molecular formula is C51H31N5O. The fourth-order valence-electron chi connectivity index (χ4n) is 8.05. The first-order valence-corrected chi connectivity index (χ1v) is 18.5. The van der Waals surface area contributed by atoms with Crippen LogP contribution in [0.3, 0.4) is 0 Å². The SMILES string of the molecule is [2H]c1cc([2H])c2c(c1)c1c([2H])c([2H])c3c4c([2H])c([2H])cc([2H])c4n(-c4ccccc4)c3c1n2-c1ccc2oc3cc(-c4nc(-c5ccccc5)nc(-c5ccccc5)n4)ccc3c2c1. The highest BCUT2D eigenvalue weighted by Gasteiger charge is 2.22. The zero-order valence-electron chi connectivity index (χ0n) is 37.0. The number of aromatic nitrogens is 5. The van der Waals surface area contributed by atoms with Gasteiger partial charge in [-0.1, -0.05) is 133 Å². The summed E-state index contributed by atoms with van der Waals surface area (Å²) < 4.78 is 74.2. The van der Waals surface area contributed by atoms with Crippen molar-refractivity contribution in [3.63, 3.8) is 0 Å². The minimum Gasteiger partial charge on any atom is -0.456 e. The molecule has 0 saturated carbocycles. The fourth-order valence-corrected chi connectivity index (χ4v) is 8.05. The lowest BCUT2D eigenvalue weighted by molar-refractivity contribution is 0.669. The van der Waals surface area contributed by atoms with Crippen LogP contribution in [0.4, 0.5) is 0 Å². The smallest absolute Gasteiger partial charge is 0.164 e. The van der Waals surface area contributed by atoms with Gasteiger partial charge in [-0.25, -0.2) is 15.0 Å². The van der Waals surface area contributed by atoms with Crippen LogP contribution in [0, 0.1) is 0 Å². The Bertz CT molecular complexity index is 3870. The second kappa shape index (κ2) is 12.3. The second-order valence-electron chi connectivity index (χ2n) is 13.9. The Morgan fingerprint density at radius 1 is 0.386 bits per heavy atom. The molecule has 0 bridgehead atoms. The Morgan fingerprint density at radius 3 is 1.68 bits per heavy atom. The summed E-state index contributed by atoms with van der Waals surface area (Å²) in [6.07, 6.45) is 0. The van der Waals surface area contributed by atoms with Crippen molar-refractivity contribution in [2.45, 2.75) is 0 Å². The normalized spacial score (nSPS) is 13.6. The van der Waals surface area contributed by atoms with E-state index in [4.69, 9.17) is 24.9 Å². The van der Waals surface area contributed by atoms with E-state index in [1.165, 1.54) is 12.1 Å². The molecule has 0 unspecified atom stereocenters. The first-order valence-electron chi connectivity index (χ1n) is 22.0. The Kier molecular flexibility index (Phi) is 5.48. The van der Waals surface area contributed by atoms with Gasteiger partial charge < -0.3 is 13.6 Å². The van der Waals surface area contributed by atoms with Crippen LogP contribution in [0.15, 0.2) is 192 Å². The number of hydrogen-bond acceptors (Lipinski definition) is 4. The summed E-state index contributed by atoms with van der Waals surface area (Å²) >= 11 is 0. The van der Waals surface area contributed by atoms with E-state index in [1.54, 1.807) is 6.07 Å². The molecule has 0 aliphatic carbocycles. The Hall–Kier alpha value is -7.83. The number of furan rings is 1. The number of para-hydroxylation sites is 3. The summed E-state index contributed by atoms with van der Waals surface area (Å²) in [6.45, 7) is 0. The van der Waals surface area contributed by atoms with E-state index < -0.39 is 0 Å². The van der Waals surface area contributed by atoms with Crippen molar-refractivity contribution in [3.8, 4) is 45.5 Å². The summed E-state index contributed by atoms with van der Waals surface area (Å²) in [5, 5.41) is 2.92. The van der Waals surface area contributed by atoms with Crippen LogP contribution in [0.1, 0.15) is 9.60 Å². The van der Waals surface area contributed by atoms with Gasteiger partial charge in [0.2, 0.25) is 0 Å². The van der Waals surface area contributed by atoms with Crippen LogP contribution in [0.5, 0.6) is 0 Å². The molecule has 4 heterocycles. The molecule has 0 fully saturated rings. The molecule has 0 atom stereocenters. The fraction of sp³-hybridized carbons (Fsp3) is 0. The van der Waals surface area contributed by atoms with Crippen LogP contribution in [0.2, 0.25) is 0 Å². The molecule has 0 aliphatic rings. The lowest BCUT2D eigenvalue weighted by Crippen LogP contribution is -2.00.